The van der Waals surface area contributed by atoms with Crippen LogP contribution in [0.25, 0.3) is 107 Å². The Morgan fingerprint density at radius 1 is 0.350 bits per heavy atom. The van der Waals surface area contributed by atoms with E-state index in [1.807, 2.05) is 11.3 Å². The number of anilines is 3. The van der Waals surface area contributed by atoms with Gasteiger partial charge in [0.2, 0.25) is 0 Å². The lowest BCUT2D eigenvalue weighted by Crippen LogP contribution is -2.11. The summed E-state index contributed by atoms with van der Waals surface area (Å²) in [7, 11) is 0. The highest BCUT2D eigenvalue weighted by Crippen LogP contribution is 2.48. The first kappa shape index (κ1) is 32.3. The molecule has 0 N–H and O–H groups in total. The Balaban J connectivity index is 1.06. The average Bonchev–Trinajstić information content (AvgIpc) is 3.98. The maximum Gasteiger partial charge on any atom is 0.0789 e. The molecule has 4 aromatic heterocycles. The van der Waals surface area contributed by atoms with Gasteiger partial charge >= 0.3 is 0 Å². The molecular weight excluding hydrogens is 747 g/mol. The van der Waals surface area contributed by atoms with E-state index >= 15 is 0 Å². The molecule has 0 aliphatic carbocycles. The molecule has 10 aromatic carbocycles. The molecule has 0 radical (unpaired) electrons. The van der Waals surface area contributed by atoms with E-state index in [2.05, 4.69) is 214 Å². The van der Waals surface area contributed by atoms with E-state index < -0.39 is 0 Å². The Bertz CT molecular complexity index is 4070. The van der Waals surface area contributed by atoms with Gasteiger partial charge in [0, 0.05) is 53.1 Å². The van der Waals surface area contributed by atoms with Crippen molar-refractivity contribution in [3.63, 3.8) is 0 Å². The van der Waals surface area contributed by atoms with Crippen molar-refractivity contribution in [1.29, 1.82) is 0 Å². The zero-order valence-electron chi connectivity index (χ0n) is 32.3. The van der Waals surface area contributed by atoms with E-state index in [1.165, 1.54) is 113 Å². The monoisotopic (exact) mass is 779 g/mol. The zero-order chi connectivity index (χ0) is 39.1. The molecule has 3 nitrogen and oxygen atoms in total. The highest BCUT2D eigenvalue weighted by molar-refractivity contribution is 7.26. The van der Waals surface area contributed by atoms with Crippen molar-refractivity contribution in [1.82, 2.24) is 8.80 Å². The van der Waals surface area contributed by atoms with Crippen LogP contribution in [0.4, 0.5) is 17.1 Å². The number of para-hydroxylation sites is 2. The minimum atomic E-state index is 1.11. The first-order chi connectivity index (χ1) is 29.8. The fourth-order valence-corrected chi connectivity index (χ4v) is 11.6. The van der Waals surface area contributed by atoms with Gasteiger partial charge in [0.25, 0.3) is 0 Å². The van der Waals surface area contributed by atoms with Gasteiger partial charge in [-0.3, -0.25) is 0 Å². The highest BCUT2D eigenvalue weighted by atomic mass is 32.1. The van der Waals surface area contributed by atoms with Crippen LogP contribution >= 0.6 is 11.3 Å². The number of nitrogens with zero attached hydrogens (tertiary/aromatic N) is 3. The molecule has 0 aliphatic heterocycles. The molecule has 0 aliphatic rings. The van der Waals surface area contributed by atoms with E-state index in [0.717, 1.165) is 11.4 Å². The van der Waals surface area contributed by atoms with Crippen molar-refractivity contribution in [2.45, 2.75) is 0 Å². The lowest BCUT2D eigenvalue weighted by Gasteiger charge is -2.27. The summed E-state index contributed by atoms with van der Waals surface area (Å²) in [6, 6.07) is 74.3. The fourth-order valence-electron chi connectivity index (χ4n) is 10.5. The number of rotatable bonds is 4. The summed E-state index contributed by atoms with van der Waals surface area (Å²) >= 11 is 1.86. The summed E-state index contributed by atoms with van der Waals surface area (Å²) in [5.74, 6) is 0. The third-order valence-corrected chi connectivity index (χ3v) is 14.1. The largest absolute Gasteiger partial charge is 0.310 e. The predicted octanol–water partition coefficient (Wildman–Crippen LogP) is 16.1. The molecule has 0 atom stereocenters. The summed E-state index contributed by atoms with van der Waals surface area (Å²) in [6.07, 6.45) is 0. The number of fused-ring (bicyclic) bond motifs is 15. The third-order valence-electron chi connectivity index (χ3n) is 13.0. The topological polar surface area (TPSA) is 12.1 Å². The molecule has 0 bridgehead atoms. The van der Waals surface area contributed by atoms with Crippen LogP contribution in [0.15, 0.2) is 200 Å². The molecule has 60 heavy (non-hydrogen) atoms. The number of benzene rings is 10. The first-order valence-corrected chi connectivity index (χ1v) is 21.4. The molecule has 4 heteroatoms. The summed E-state index contributed by atoms with van der Waals surface area (Å²) in [5.41, 5.74) is 13.2. The van der Waals surface area contributed by atoms with E-state index in [1.54, 1.807) is 0 Å². The Morgan fingerprint density at radius 3 is 1.68 bits per heavy atom. The highest BCUT2D eigenvalue weighted by Gasteiger charge is 2.24. The van der Waals surface area contributed by atoms with Crippen LogP contribution in [0.2, 0.25) is 0 Å². The lowest BCUT2D eigenvalue weighted by molar-refractivity contribution is 1.24. The standard InChI is InChI=1S/C56H33N3S/c1-2-13-38-35(12-1)32-46(40-15-4-3-14-39(38)40)34-24-26-36(27-25-34)57(50-21-11-23-53-54(50)45-18-7-10-22-52(45)60-53)37-28-31-49-51(33-37)59-48-20-9-6-17-42(48)44-30-29-43-41-16-5-8-19-47(41)58(49)55(43)56(44)59/h1-33H. The van der Waals surface area contributed by atoms with E-state index in [9.17, 15) is 0 Å². The minimum absolute atomic E-state index is 1.11. The maximum absolute atomic E-state index is 2.53. The molecule has 278 valence electrons. The van der Waals surface area contributed by atoms with Crippen LogP contribution in [0.1, 0.15) is 0 Å². The van der Waals surface area contributed by atoms with Gasteiger partial charge in [0.05, 0.1) is 38.8 Å². The van der Waals surface area contributed by atoms with Crippen molar-refractivity contribution in [3.8, 4) is 11.1 Å². The summed E-state index contributed by atoms with van der Waals surface area (Å²) in [4.78, 5) is 2.48. The molecule has 0 spiro atoms. The quantitative estimate of drug-likeness (QED) is 0.128. The molecule has 0 fully saturated rings. The molecule has 4 heterocycles. The normalized spacial score (nSPS) is 12.3. The summed E-state index contributed by atoms with van der Waals surface area (Å²) in [5, 5.41) is 12.8. The molecule has 0 unspecified atom stereocenters. The Kier molecular flexibility index (Phi) is 6.44. The van der Waals surface area contributed by atoms with Gasteiger partial charge in [-0.25, -0.2) is 0 Å². The van der Waals surface area contributed by atoms with Crippen molar-refractivity contribution in [2.75, 3.05) is 4.90 Å². The minimum Gasteiger partial charge on any atom is -0.310 e. The maximum atomic E-state index is 2.53. The fraction of sp³-hybridized carbons (Fsp3) is 0. The Morgan fingerprint density at radius 2 is 0.933 bits per heavy atom. The Hall–Kier alpha value is -7.66. The summed E-state index contributed by atoms with van der Waals surface area (Å²) in [6.45, 7) is 0. The third kappa shape index (κ3) is 4.27. The number of hydrogen-bond acceptors (Lipinski definition) is 2. The number of aromatic nitrogens is 2. The lowest BCUT2D eigenvalue weighted by atomic mass is 9.93. The molecule has 14 rings (SSSR count). The SMILES string of the molecule is c1ccc2c(c1)cc(-c1ccc(N(c3ccc4c(c3)n3c5ccccc5c5ccc6c7ccccc7n4c6c53)c3cccc4sc5ccccc5c34)cc1)c1ccccc12. The van der Waals surface area contributed by atoms with Crippen LogP contribution in [0.5, 0.6) is 0 Å². The van der Waals surface area contributed by atoms with E-state index in [-0.39, 0.29) is 0 Å². The van der Waals surface area contributed by atoms with Crippen LogP contribution in [0, 0.1) is 0 Å². The van der Waals surface area contributed by atoms with Crippen LogP contribution in [-0.4, -0.2) is 8.80 Å². The van der Waals surface area contributed by atoms with Crippen molar-refractivity contribution in [3.05, 3.63) is 200 Å². The van der Waals surface area contributed by atoms with Crippen LogP contribution < -0.4 is 4.90 Å². The second-order valence-corrected chi connectivity index (χ2v) is 17.1. The van der Waals surface area contributed by atoms with Crippen LogP contribution in [0.3, 0.4) is 0 Å². The van der Waals surface area contributed by atoms with E-state index in [0.29, 0.717) is 0 Å². The van der Waals surface area contributed by atoms with Gasteiger partial charge in [0.15, 0.2) is 0 Å². The van der Waals surface area contributed by atoms with Gasteiger partial charge < -0.3 is 13.7 Å². The van der Waals surface area contributed by atoms with Crippen LogP contribution in [-0.2, 0) is 0 Å². The second kappa shape index (κ2) is 12.0. The number of thiophene rings is 1. The van der Waals surface area contributed by atoms with Gasteiger partial charge in [-0.05, 0) is 99.4 Å². The van der Waals surface area contributed by atoms with Gasteiger partial charge in [-0.15, -0.1) is 11.3 Å². The molecule has 0 saturated carbocycles. The van der Waals surface area contributed by atoms with E-state index in [4.69, 9.17) is 0 Å². The molecule has 0 saturated heterocycles. The van der Waals surface area contributed by atoms with Crippen molar-refractivity contribution >= 4 is 125 Å². The average molecular weight is 780 g/mol. The van der Waals surface area contributed by atoms with Crippen molar-refractivity contribution < 1.29 is 0 Å². The van der Waals surface area contributed by atoms with Crippen molar-refractivity contribution in [2.24, 2.45) is 0 Å². The molecule has 0 amide bonds. The van der Waals surface area contributed by atoms with Gasteiger partial charge in [-0.1, -0.05) is 133 Å². The summed E-state index contributed by atoms with van der Waals surface area (Å²) < 4.78 is 7.61. The Labute approximate surface area is 348 Å². The predicted molar refractivity (Wildman–Crippen MR) is 258 cm³/mol. The zero-order valence-corrected chi connectivity index (χ0v) is 33.1. The molecule has 14 aromatic rings. The molecular formula is C56H33N3S. The van der Waals surface area contributed by atoms with Gasteiger partial charge in [-0.2, -0.15) is 0 Å². The smallest absolute Gasteiger partial charge is 0.0789 e. The van der Waals surface area contributed by atoms with Gasteiger partial charge in [0.1, 0.15) is 0 Å². The second-order valence-electron chi connectivity index (χ2n) is 16.1. The number of hydrogen-bond donors (Lipinski definition) is 0. The first-order valence-electron chi connectivity index (χ1n) is 20.6.